The van der Waals surface area contributed by atoms with Crippen molar-refractivity contribution >= 4 is 23.7 Å². The van der Waals surface area contributed by atoms with Gasteiger partial charge in [-0.2, -0.15) is 0 Å². The number of benzene rings is 2. The number of nitrogens with one attached hydrogen (secondary N) is 1. The predicted molar refractivity (Wildman–Crippen MR) is 101 cm³/mol. The number of carbonyl (C=O) groups is 3. The van der Waals surface area contributed by atoms with E-state index >= 15 is 0 Å². The number of halogens is 5. The van der Waals surface area contributed by atoms with E-state index in [1.54, 1.807) is 0 Å². The molecule has 0 bridgehead atoms. The number of nitrogens with two attached hydrogens (primary N) is 1. The normalized spacial score (nSPS) is 18.2. The molecule has 0 spiro atoms. The van der Waals surface area contributed by atoms with E-state index in [9.17, 15) is 36.3 Å². The summed E-state index contributed by atoms with van der Waals surface area (Å²) in [5, 5.41) is 16.5. The van der Waals surface area contributed by atoms with Crippen molar-refractivity contribution < 1.29 is 41.4 Å². The van der Waals surface area contributed by atoms with E-state index in [-0.39, 0.29) is 21.9 Å². The standard InChI is InChI=1S/C20H15F5N4O4/c1-20(9-4-2-8(3-5-9)17(26)27)18(32)28(7-11(30)31)19(33)29(20)6-10-12(21)14(23)16(25)15(24)13(10)22/h2-5H,6-7H2,1H3,(H3,26,27)(H,30,31)/t20-/m0/s1. The fourth-order valence-electron chi connectivity index (χ4n) is 3.50. The zero-order chi connectivity index (χ0) is 24.8. The average Bonchev–Trinajstić information content (AvgIpc) is 2.95. The van der Waals surface area contributed by atoms with Gasteiger partial charge in [-0.15, -0.1) is 0 Å². The minimum atomic E-state index is -2.40. The van der Waals surface area contributed by atoms with Crippen molar-refractivity contribution in [3.8, 4) is 0 Å². The van der Waals surface area contributed by atoms with Gasteiger partial charge in [-0.1, -0.05) is 24.3 Å². The molecule has 2 aromatic rings. The van der Waals surface area contributed by atoms with E-state index < -0.39 is 71.2 Å². The number of carbonyl (C=O) groups excluding carboxylic acids is 2. The van der Waals surface area contributed by atoms with Gasteiger partial charge in [-0.25, -0.2) is 26.7 Å². The molecule has 0 unspecified atom stereocenters. The van der Waals surface area contributed by atoms with Crippen molar-refractivity contribution in [2.45, 2.75) is 19.0 Å². The SMILES string of the molecule is C[C@]1(c2ccc(C(=N)N)cc2)C(=O)N(CC(=O)O)C(=O)N1Cc1c(F)c(F)c(F)c(F)c1F. The van der Waals surface area contributed by atoms with Crippen LogP contribution in [0.25, 0.3) is 0 Å². The molecule has 33 heavy (non-hydrogen) atoms. The molecule has 0 saturated carbocycles. The van der Waals surface area contributed by atoms with Crippen LogP contribution in [0.2, 0.25) is 0 Å². The number of aliphatic carboxylic acids is 1. The van der Waals surface area contributed by atoms with Crippen molar-refractivity contribution in [3.63, 3.8) is 0 Å². The van der Waals surface area contributed by atoms with Crippen LogP contribution < -0.4 is 5.73 Å². The Hall–Kier alpha value is -4.03. The molecule has 3 rings (SSSR count). The Morgan fingerprint density at radius 3 is 1.94 bits per heavy atom. The number of nitrogen functional groups attached to an aromatic ring is 1. The van der Waals surface area contributed by atoms with Crippen LogP contribution in [0.5, 0.6) is 0 Å². The lowest BCUT2D eigenvalue weighted by molar-refractivity contribution is -0.143. The fourth-order valence-corrected chi connectivity index (χ4v) is 3.50. The van der Waals surface area contributed by atoms with E-state index in [0.717, 1.165) is 6.92 Å². The van der Waals surface area contributed by atoms with Gasteiger partial charge < -0.3 is 15.7 Å². The Morgan fingerprint density at radius 2 is 1.48 bits per heavy atom. The number of imide groups is 1. The molecular weight excluding hydrogens is 455 g/mol. The van der Waals surface area contributed by atoms with Crippen LogP contribution in [0.15, 0.2) is 24.3 Å². The maximum Gasteiger partial charge on any atom is 0.328 e. The van der Waals surface area contributed by atoms with Crippen LogP contribution in [-0.4, -0.2) is 45.2 Å². The topological polar surface area (TPSA) is 128 Å². The molecule has 1 atom stereocenters. The second-order valence-electron chi connectivity index (χ2n) is 7.27. The summed E-state index contributed by atoms with van der Waals surface area (Å²) >= 11 is 0. The molecule has 4 N–H and O–H groups in total. The van der Waals surface area contributed by atoms with Crippen LogP contribution >= 0.6 is 0 Å². The summed E-state index contributed by atoms with van der Waals surface area (Å²) < 4.78 is 69.4. The molecule has 8 nitrogen and oxygen atoms in total. The van der Waals surface area contributed by atoms with Gasteiger partial charge >= 0.3 is 12.0 Å². The van der Waals surface area contributed by atoms with Gasteiger partial charge in [0.2, 0.25) is 5.82 Å². The highest BCUT2D eigenvalue weighted by Gasteiger charge is 2.56. The lowest BCUT2D eigenvalue weighted by Crippen LogP contribution is -2.44. The molecule has 0 aliphatic carbocycles. The van der Waals surface area contributed by atoms with Crippen molar-refractivity contribution in [2.24, 2.45) is 5.73 Å². The molecule has 0 radical (unpaired) electrons. The Kier molecular flexibility index (Phi) is 5.83. The van der Waals surface area contributed by atoms with Gasteiger partial charge in [0.15, 0.2) is 23.3 Å². The molecule has 1 aliphatic rings. The molecule has 1 aliphatic heterocycles. The number of rotatable bonds is 6. The Bertz CT molecular complexity index is 1170. The lowest BCUT2D eigenvalue weighted by Gasteiger charge is -2.32. The third-order valence-electron chi connectivity index (χ3n) is 5.33. The van der Waals surface area contributed by atoms with Gasteiger partial charge in [0.25, 0.3) is 5.91 Å². The van der Waals surface area contributed by atoms with E-state index in [1.165, 1.54) is 24.3 Å². The summed E-state index contributed by atoms with van der Waals surface area (Å²) in [6, 6.07) is 3.81. The molecule has 174 valence electrons. The summed E-state index contributed by atoms with van der Waals surface area (Å²) in [5.74, 6) is -14.3. The second kappa shape index (κ2) is 8.15. The Balaban J connectivity index is 2.18. The molecule has 0 aromatic heterocycles. The summed E-state index contributed by atoms with van der Waals surface area (Å²) in [4.78, 5) is 37.9. The molecule has 1 saturated heterocycles. The molecule has 1 fully saturated rings. The largest absolute Gasteiger partial charge is 0.480 e. The summed E-state index contributed by atoms with van der Waals surface area (Å²) in [7, 11) is 0. The van der Waals surface area contributed by atoms with Crippen LogP contribution in [0, 0.1) is 34.5 Å². The molecule has 1 heterocycles. The van der Waals surface area contributed by atoms with E-state index in [4.69, 9.17) is 16.2 Å². The highest BCUT2D eigenvalue weighted by molar-refractivity contribution is 6.08. The van der Waals surface area contributed by atoms with Crippen molar-refractivity contribution in [2.75, 3.05) is 6.54 Å². The number of carboxylic acids is 1. The van der Waals surface area contributed by atoms with Crippen molar-refractivity contribution in [1.29, 1.82) is 5.41 Å². The maximum atomic E-state index is 14.3. The van der Waals surface area contributed by atoms with E-state index in [2.05, 4.69) is 0 Å². The fraction of sp³-hybridized carbons (Fsp3) is 0.200. The first kappa shape index (κ1) is 23.6. The number of hydrogen-bond acceptors (Lipinski definition) is 4. The third-order valence-corrected chi connectivity index (χ3v) is 5.33. The number of carboxylic acid groups (broad SMARTS) is 1. The number of hydrogen-bond donors (Lipinski definition) is 3. The highest BCUT2D eigenvalue weighted by atomic mass is 19.2. The highest BCUT2D eigenvalue weighted by Crippen LogP contribution is 2.39. The van der Waals surface area contributed by atoms with E-state index in [0.29, 0.717) is 4.90 Å². The summed E-state index contributed by atoms with van der Waals surface area (Å²) in [6.45, 7) is -1.21. The molecular formula is C20H15F5N4O4. The van der Waals surface area contributed by atoms with Gasteiger partial charge in [-0.05, 0) is 12.5 Å². The average molecular weight is 470 g/mol. The first-order valence-corrected chi connectivity index (χ1v) is 9.12. The predicted octanol–water partition coefficient (Wildman–Crippen LogP) is 2.43. The zero-order valence-electron chi connectivity index (χ0n) is 16.8. The van der Waals surface area contributed by atoms with Gasteiger partial charge in [0.05, 0.1) is 6.54 Å². The van der Waals surface area contributed by atoms with Crippen LogP contribution in [0.4, 0.5) is 26.7 Å². The lowest BCUT2D eigenvalue weighted by atomic mass is 9.89. The first-order chi connectivity index (χ1) is 15.3. The summed E-state index contributed by atoms with van der Waals surface area (Å²) in [5.41, 5.74) is 2.16. The summed E-state index contributed by atoms with van der Waals surface area (Å²) in [6.07, 6.45) is 0. The number of nitrogens with zero attached hydrogens (tertiary/aromatic N) is 2. The van der Waals surface area contributed by atoms with Crippen molar-refractivity contribution in [1.82, 2.24) is 9.80 Å². The minimum Gasteiger partial charge on any atom is -0.480 e. The van der Waals surface area contributed by atoms with Crippen molar-refractivity contribution in [3.05, 3.63) is 70.0 Å². The second-order valence-corrected chi connectivity index (χ2v) is 7.27. The van der Waals surface area contributed by atoms with Gasteiger partial charge in [-0.3, -0.25) is 19.9 Å². The van der Waals surface area contributed by atoms with Crippen LogP contribution in [0.1, 0.15) is 23.6 Å². The number of amides is 3. The molecule has 3 amide bonds. The maximum absolute atomic E-state index is 14.3. The van der Waals surface area contributed by atoms with Gasteiger partial charge in [0, 0.05) is 11.1 Å². The minimum absolute atomic E-state index is 0.0163. The first-order valence-electron chi connectivity index (χ1n) is 9.12. The number of amidine groups is 1. The smallest absolute Gasteiger partial charge is 0.328 e. The third kappa shape index (κ3) is 3.64. The Labute approximate surface area is 182 Å². The Morgan fingerprint density at radius 1 is 1.00 bits per heavy atom. The van der Waals surface area contributed by atoms with Crippen LogP contribution in [-0.2, 0) is 21.7 Å². The molecule has 13 heteroatoms. The monoisotopic (exact) mass is 470 g/mol. The quantitative estimate of drug-likeness (QED) is 0.149. The van der Waals surface area contributed by atoms with Gasteiger partial charge in [0.1, 0.15) is 17.9 Å². The zero-order valence-corrected chi connectivity index (χ0v) is 16.8. The van der Waals surface area contributed by atoms with Crippen LogP contribution in [0.3, 0.4) is 0 Å². The molecule has 2 aromatic carbocycles. The van der Waals surface area contributed by atoms with E-state index in [1.807, 2.05) is 0 Å². The number of urea groups is 1.